The first-order valence-electron chi connectivity index (χ1n) is 10.5. The van der Waals surface area contributed by atoms with Crippen molar-refractivity contribution in [1.82, 2.24) is 9.88 Å². The van der Waals surface area contributed by atoms with Gasteiger partial charge in [-0.25, -0.2) is 9.37 Å². The Bertz CT molecular complexity index is 1010. The minimum absolute atomic E-state index is 0. The van der Waals surface area contributed by atoms with E-state index in [1.54, 1.807) is 13.2 Å². The third-order valence-electron chi connectivity index (χ3n) is 5.61. The Morgan fingerprint density at radius 1 is 0.969 bits per heavy atom. The molecule has 2 heterocycles. The Balaban J connectivity index is 0.00000181. The summed E-state index contributed by atoms with van der Waals surface area (Å²) in [5, 5.41) is 2.24. The number of rotatable bonds is 7. The van der Waals surface area contributed by atoms with E-state index in [9.17, 15) is 4.39 Å². The zero-order valence-electron chi connectivity index (χ0n) is 18.4. The van der Waals surface area contributed by atoms with Crippen LogP contribution in [0.25, 0.3) is 22.0 Å². The molecule has 32 heavy (non-hydrogen) atoms. The molecule has 1 aromatic heterocycles. The molecule has 0 N–H and O–H groups in total. The van der Waals surface area contributed by atoms with Crippen molar-refractivity contribution in [1.29, 1.82) is 0 Å². The minimum atomic E-state index is -0.392. The fraction of sp³-hybridized carbons (Fsp3) is 0.375. The van der Waals surface area contributed by atoms with Gasteiger partial charge in [-0.3, -0.25) is 0 Å². The van der Waals surface area contributed by atoms with Gasteiger partial charge in [-0.1, -0.05) is 31.2 Å². The molecule has 0 unspecified atom stereocenters. The first-order valence-corrected chi connectivity index (χ1v) is 10.5. The van der Waals surface area contributed by atoms with Gasteiger partial charge in [-0.2, -0.15) is 0 Å². The second-order valence-electron chi connectivity index (χ2n) is 7.46. The fourth-order valence-electron chi connectivity index (χ4n) is 3.86. The summed E-state index contributed by atoms with van der Waals surface area (Å²) in [6.07, 6.45) is 0. The highest BCUT2D eigenvalue weighted by atomic mass is 35.5. The highest BCUT2D eigenvalue weighted by Crippen LogP contribution is 2.32. The molecule has 8 heteroatoms. The Hall–Kier alpha value is -2.12. The van der Waals surface area contributed by atoms with Crippen molar-refractivity contribution in [2.24, 2.45) is 0 Å². The van der Waals surface area contributed by atoms with Crippen molar-refractivity contribution in [2.75, 3.05) is 57.9 Å². The molecule has 5 nitrogen and oxygen atoms in total. The van der Waals surface area contributed by atoms with Gasteiger partial charge in [0.1, 0.15) is 12.4 Å². The number of methoxy groups -OCH3 is 1. The number of nitrogens with zero attached hydrogens (tertiary/aromatic N) is 3. The largest absolute Gasteiger partial charge is 0.488 e. The van der Waals surface area contributed by atoms with Crippen LogP contribution in [0.3, 0.4) is 0 Å². The van der Waals surface area contributed by atoms with Gasteiger partial charge < -0.3 is 19.3 Å². The lowest BCUT2D eigenvalue weighted by molar-refractivity contribution is 0.144. The summed E-state index contributed by atoms with van der Waals surface area (Å²) in [5.41, 5.74) is 1.51. The summed E-state index contributed by atoms with van der Waals surface area (Å²) in [6, 6.07) is 15.3. The molecule has 0 atom stereocenters. The molecule has 0 amide bonds. The maximum atomic E-state index is 14.6. The van der Waals surface area contributed by atoms with Crippen molar-refractivity contribution in [3.8, 4) is 17.0 Å². The second kappa shape index (κ2) is 12.2. The quantitative estimate of drug-likeness (QED) is 0.441. The number of aromatic nitrogens is 1. The van der Waals surface area contributed by atoms with Crippen LogP contribution < -0.4 is 9.64 Å². The molecule has 0 saturated carbocycles. The Morgan fingerprint density at radius 2 is 1.72 bits per heavy atom. The lowest BCUT2D eigenvalue weighted by atomic mass is 10.1. The highest BCUT2D eigenvalue weighted by Gasteiger charge is 2.20. The number of ether oxygens (including phenoxy) is 2. The lowest BCUT2D eigenvalue weighted by Gasteiger charge is -2.35. The number of hydrogen-bond acceptors (Lipinski definition) is 5. The topological polar surface area (TPSA) is 37.8 Å². The third kappa shape index (κ3) is 5.81. The molecule has 0 aliphatic carbocycles. The maximum Gasteiger partial charge on any atom is 0.165 e. The monoisotopic (exact) mass is 481 g/mol. The number of likely N-dealkylation sites (N-methyl/N-ethyl adjacent to an activating group) is 1. The molecule has 4 rings (SSSR count). The predicted molar refractivity (Wildman–Crippen MR) is 133 cm³/mol. The molecule has 1 saturated heterocycles. The van der Waals surface area contributed by atoms with E-state index in [0.717, 1.165) is 60.6 Å². The van der Waals surface area contributed by atoms with Crippen LogP contribution >= 0.6 is 24.8 Å². The number of halogens is 3. The third-order valence-corrected chi connectivity index (χ3v) is 5.61. The van der Waals surface area contributed by atoms with Crippen molar-refractivity contribution in [2.45, 2.75) is 6.92 Å². The Morgan fingerprint density at radius 3 is 2.41 bits per heavy atom. The summed E-state index contributed by atoms with van der Waals surface area (Å²) in [7, 11) is 1.59. The molecular weight excluding hydrogens is 452 g/mol. The van der Waals surface area contributed by atoms with Gasteiger partial charge in [-0.15, -0.1) is 24.8 Å². The number of pyridine rings is 1. The molecule has 1 aliphatic rings. The number of piperazine rings is 1. The molecule has 0 bridgehead atoms. The van der Waals surface area contributed by atoms with Gasteiger partial charge in [-0.05, 0) is 36.2 Å². The summed E-state index contributed by atoms with van der Waals surface area (Å²) in [5.74, 6) is 0.809. The van der Waals surface area contributed by atoms with E-state index in [1.165, 1.54) is 6.07 Å². The molecule has 1 fully saturated rings. The molecule has 2 aromatic carbocycles. The number of anilines is 1. The van der Waals surface area contributed by atoms with E-state index in [0.29, 0.717) is 13.2 Å². The number of hydrogen-bond donors (Lipinski definition) is 0. The van der Waals surface area contributed by atoms with Crippen LogP contribution in [0.4, 0.5) is 10.2 Å². The van der Waals surface area contributed by atoms with Crippen LogP contribution in [0.1, 0.15) is 6.92 Å². The van der Waals surface area contributed by atoms with Gasteiger partial charge in [0.15, 0.2) is 11.6 Å². The highest BCUT2D eigenvalue weighted by molar-refractivity contribution is 5.95. The van der Waals surface area contributed by atoms with Gasteiger partial charge in [0.25, 0.3) is 0 Å². The number of benzene rings is 2. The second-order valence-corrected chi connectivity index (χ2v) is 7.46. The smallest absolute Gasteiger partial charge is 0.165 e. The van der Waals surface area contributed by atoms with Crippen LogP contribution in [0.2, 0.25) is 0 Å². The SMILES string of the molecule is CCN1CCN(c2nc(-c3ccc(OCCOC)c(F)c3)cc3ccccc23)CC1.Cl.Cl. The van der Waals surface area contributed by atoms with Crippen LogP contribution in [-0.2, 0) is 4.74 Å². The molecule has 0 spiro atoms. The molecular formula is C24H30Cl2FN3O2. The first-order chi connectivity index (χ1) is 14.7. The van der Waals surface area contributed by atoms with E-state index in [4.69, 9.17) is 14.5 Å². The average Bonchev–Trinajstić information content (AvgIpc) is 2.79. The summed E-state index contributed by atoms with van der Waals surface area (Å²) < 4.78 is 25.0. The maximum absolute atomic E-state index is 14.6. The summed E-state index contributed by atoms with van der Waals surface area (Å²) in [4.78, 5) is 9.76. The van der Waals surface area contributed by atoms with Crippen molar-refractivity contribution in [3.05, 3.63) is 54.3 Å². The Labute approximate surface area is 201 Å². The van der Waals surface area contributed by atoms with E-state index in [-0.39, 0.29) is 30.6 Å². The van der Waals surface area contributed by atoms with Gasteiger partial charge >= 0.3 is 0 Å². The Kier molecular flexibility index (Phi) is 9.97. The van der Waals surface area contributed by atoms with Crippen LogP contribution in [0, 0.1) is 5.82 Å². The van der Waals surface area contributed by atoms with E-state index < -0.39 is 5.82 Å². The van der Waals surface area contributed by atoms with Gasteiger partial charge in [0.2, 0.25) is 0 Å². The molecule has 0 radical (unpaired) electrons. The fourth-order valence-corrected chi connectivity index (χ4v) is 3.86. The summed E-state index contributed by atoms with van der Waals surface area (Å²) >= 11 is 0. The minimum Gasteiger partial charge on any atom is -0.488 e. The standard InChI is InChI=1S/C24H28FN3O2.2ClH/c1-3-27-10-12-28(13-11-27)24-20-7-5-4-6-18(20)17-22(26-24)19-8-9-23(21(25)16-19)30-15-14-29-2;;/h4-9,16-17H,3,10-15H2,1-2H3;2*1H. The van der Waals surface area contributed by atoms with E-state index >= 15 is 0 Å². The molecule has 174 valence electrons. The van der Waals surface area contributed by atoms with Crippen LogP contribution in [0.5, 0.6) is 5.75 Å². The first kappa shape index (κ1) is 26.1. The number of fused-ring (bicyclic) bond motifs is 1. The van der Waals surface area contributed by atoms with Crippen molar-refractivity contribution in [3.63, 3.8) is 0 Å². The van der Waals surface area contributed by atoms with Crippen LogP contribution in [0.15, 0.2) is 48.5 Å². The average molecular weight is 482 g/mol. The lowest BCUT2D eigenvalue weighted by Crippen LogP contribution is -2.46. The zero-order valence-corrected chi connectivity index (χ0v) is 20.1. The van der Waals surface area contributed by atoms with Crippen LogP contribution in [-0.4, -0.2) is 62.9 Å². The normalized spacial score (nSPS) is 14.0. The van der Waals surface area contributed by atoms with Gasteiger partial charge in [0.05, 0.1) is 12.3 Å². The zero-order chi connectivity index (χ0) is 20.9. The van der Waals surface area contributed by atoms with E-state index in [2.05, 4.69) is 28.9 Å². The molecule has 1 aliphatic heterocycles. The molecule has 3 aromatic rings. The predicted octanol–water partition coefficient (Wildman–Crippen LogP) is 5.05. The van der Waals surface area contributed by atoms with Crippen molar-refractivity contribution >= 4 is 41.4 Å². The van der Waals surface area contributed by atoms with Crippen molar-refractivity contribution < 1.29 is 13.9 Å². The van der Waals surface area contributed by atoms with E-state index in [1.807, 2.05) is 24.3 Å². The van der Waals surface area contributed by atoms with Gasteiger partial charge in [0, 0.05) is 44.2 Å². The summed E-state index contributed by atoms with van der Waals surface area (Å²) in [6.45, 7) is 7.93.